The summed E-state index contributed by atoms with van der Waals surface area (Å²) in [7, 11) is -1.40. The van der Waals surface area contributed by atoms with Crippen molar-refractivity contribution in [2.75, 3.05) is 22.1 Å². The van der Waals surface area contributed by atoms with Crippen LogP contribution in [-0.2, 0) is 0 Å². The summed E-state index contributed by atoms with van der Waals surface area (Å²) in [4.78, 5) is 37.0. The van der Waals surface area contributed by atoms with Crippen LogP contribution in [0.1, 0.15) is 19.3 Å². The molecule has 0 spiro atoms. The normalized spacial score (nSPS) is 10.7. The maximum Gasteiger partial charge on any atom is 0.490 e. The molecular formula is C48H36BBrN6O4S4. The first-order chi connectivity index (χ1) is 31.1. The van der Waals surface area contributed by atoms with E-state index in [2.05, 4.69) is 48.7 Å². The third-order valence-electron chi connectivity index (χ3n) is 9.63. The SMILES string of the molecule is Nc1ccc(-c2cccs2)cc1NC(=O)c1cc2cc(-c3cccnc3)ccc2s1.Nc1ccc(-c2cccs2)cc1NC(=O)c1cc2cc(Br)ccc2s1.OB(O)c1cccnc1. The quantitative estimate of drug-likeness (QED) is 0.0644. The number of benzene rings is 4. The van der Waals surface area contributed by atoms with Gasteiger partial charge >= 0.3 is 7.12 Å². The van der Waals surface area contributed by atoms with Crippen molar-refractivity contribution in [2.24, 2.45) is 0 Å². The molecule has 0 fully saturated rings. The minimum absolute atomic E-state index is 0.146. The number of hydrogen-bond acceptors (Lipinski definition) is 12. The fourth-order valence-corrected chi connectivity index (χ4v) is 10.1. The predicted octanol–water partition coefficient (Wildman–Crippen LogP) is 11.5. The third-order valence-corrected chi connectivity index (χ3v) is 14.2. The Morgan fingerprint density at radius 2 is 1.09 bits per heavy atom. The maximum atomic E-state index is 12.9. The topological polar surface area (TPSA) is 176 Å². The van der Waals surface area contributed by atoms with Crippen molar-refractivity contribution < 1.29 is 19.6 Å². The molecule has 316 valence electrons. The number of nitrogens with one attached hydrogen (secondary N) is 2. The van der Waals surface area contributed by atoms with Crippen molar-refractivity contribution in [3.05, 3.63) is 183 Å². The second-order valence-corrected chi connectivity index (χ2v) is 19.0. The van der Waals surface area contributed by atoms with Crippen molar-refractivity contribution in [2.45, 2.75) is 0 Å². The summed E-state index contributed by atoms with van der Waals surface area (Å²) in [6.07, 6.45) is 6.58. The van der Waals surface area contributed by atoms with Crippen molar-refractivity contribution in [1.29, 1.82) is 0 Å². The zero-order valence-corrected chi connectivity index (χ0v) is 38.4. The molecule has 6 aromatic heterocycles. The molecule has 0 aliphatic heterocycles. The number of rotatable bonds is 8. The predicted molar refractivity (Wildman–Crippen MR) is 273 cm³/mol. The number of amides is 2. The number of fused-ring (bicyclic) bond motifs is 2. The lowest BCUT2D eigenvalue weighted by atomic mass is 9.82. The number of pyridine rings is 2. The number of aromatic nitrogens is 2. The molecule has 6 heterocycles. The lowest BCUT2D eigenvalue weighted by molar-refractivity contribution is 0.102. The van der Waals surface area contributed by atoms with E-state index in [1.807, 2.05) is 126 Å². The number of carbonyl (C=O) groups is 2. The summed E-state index contributed by atoms with van der Waals surface area (Å²) in [6.45, 7) is 0. The second-order valence-electron chi connectivity index (χ2n) is 14.0. The van der Waals surface area contributed by atoms with Crippen molar-refractivity contribution >= 4 is 129 Å². The van der Waals surface area contributed by atoms with Crippen molar-refractivity contribution in [3.63, 3.8) is 0 Å². The van der Waals surface area contributed by atoms with Crippen LogP contribution >= 0.6 is 61.3 Å². The molecule has 16 heteroatoms. The molecule has 0 bridgehead atoms. The van der Waals surface area contributed by atoms with Crippen LogP contribution in [0.2, 0.25) is 0 Å². The highest BCUT2D eigenvalue weighted by Crippen LogP contribution is 2.35. The van der Waals surface area contributed by atoms with Gasteiger partial charge in [-0.05, 0) is 129 Å². The van der Waals surface area contributed by atoms with Gasteiger partial charge in [-0.3, -0.25) is 19.6 Å². The summed E-state index contributed by atoms with van der Waals surface area (Å²) < 4.78 is 3.14. The van der Waals surface area contributed by atoms with Gasteiger partial charge in [0.1, 0.15) is 0 Å². The summed E-state index contributed by atoms with van der Waals surface area (Å²) in [5.74, 6) is -0.304. The Morgan fingerprint density at radius 3 is 1.58 bits per heavy atom. The molecule has 10 nitrogen and oxygen atoms in total. The lowest BCUT2D eigenvalue weighted by Gasteiger charge is -2.09. The highest BCUT2D eigenvalue weighted by molar-refractivity contribution is 9.10. The van der Waals surface area contributed by atoms with E-state index in [9.17, 15) is 9.59 Å². The second kappa shape index (κ2) is 20.3. The Balaban J connectivity index is 0.000000148. The van der Waals surface area contributed by atoms with Crippen molar-refractivity contribution in [3.8, 4) is 32.0 Å². The van der Waals surface area contributed by atoms with Crippen LogP contribution in [0.5, 0.6) is 0 Å². The van der Waals surface area contributed by atoms with Gasteiger partial charge in [-0.25, -0.2) is 0 Å². The summed E-state index contributed by atoms with van der Waals surface area (Å²) >= 11 is 9.70. The average Bonchev–Trinajstić information content (AvgIpc) is 4.17. The van der Waals surface area contributed by atoms with Gasteiger partial charge in [-0.15, -0.1) is 45.3 Å². The Hall–Kier alpha value is -6.50. The Morgan fingerprint density at radius 1 is 0.562 bits per heavy atom. The number of carbonyl (C=O) groups excluding carboxylic acids is 2. The Labute approximate surface area is 392 Å². The van der Waals surface area contributed by atoms with Gasteiger partial charge in [-0.2, -0.15) is 0 Å². The standard InChI is InChI=1S/C24H17N3OS2.C19H13BrN2OS2.C5H6BNO2/c25-19-7-5-16(21-4-2-10-29-21)12-20(19)27-24(28)23-13-18-11-15(6-8-22(18)30-23)17-3-1-9-26-14-17;20-13-4-6-17-12(8-13)10-18(25-17)19(23)22-15-9-11(3-5-14(15)21)16-2-1-7-24-16;8-6(9)5-2-1-3-7-4-5/h1-14H,25H2,(H,27,28);1-10H,21H2,(H,22,23);1-4,8-9H. The smallest absolute Gasteiger partial charge is 0.423 e. The van der Waals surface area contributed by atoms with Crippen LogP contribution in [-0.4, -0.2) is 38.9 Å². The highest BCUT2D eigenvalue weighted by Gasteiger charge is 2.16. The monoisotopic (exact) mass is 978 g/mol. The number of anilines is 4. The van der Waals surface area contributed by atoms with E-state index in [0.29, 0.717) is 38.0 Å². The first-order valence-corrected chi connectivity index (χ1v) is 23.6. The molecule has 10 aromatic rings. The van der Waals surface area contributed by atoms with E-state index in [1.165, 1.54) is 28.9 Å². The molecule has 0 atom stereocenters. The molecule has 8 N–H and O–H groups in total. The van der Waals surface area contributed by atoms with Crippen molar-refractivity contribution in [1.82, 2.24) is 9.97 Å². The maximum absolute atomic E-state index is 12.9. The van der Waals surface area contributed by atoms with Gasteiger partial charge in [-0.1, -0.05) is 58.4 Å². The number of nitrogens with zero attached hydrogens (tertiary/aromatic N) is 2. The molecule has 0 radical (unpaired) electrons. The number of nitrogens with two attached hydrogens (primary N) is 2. The number of halogens is 1. The van der Waals surface area contributed by atoms with Gasteiger partial charge in [0.2, 0.25) is 0 Å². The molecule has 4 aromatic carbocycles. The first kappa shape index (κ1) is 44.1. The number of nitrogen functional groups attached to an aromatic ring is 2. The van der Waals surface area contributed by atoms with Gasteiger partial charge in [0.05, 0.1) is 32.5 Å². The number of hydrogen-bond donors (Lipinski definition) is 6. The molecule has 2 amide bonds. The zero-order valence-electron chi connectivity index (χ0n) is 33.5. The Kier molecular flexibility index (Phi) is 14.0. The Bertz CT molecular complexity index is 3180. The van der Waals surface area contributed by atoms with Crippen LogP contribution in [0, 0.1) is 0 Å². The van der Waals surface area contributed by atoms with Crippen LogP contribution in [0.4, 0.5) is 22.7 Å². The summed E-state index contributed by atoms with van der Waals surface area (Å²) in [6, 6.07) is 42.7. The molecule has 0 saturated carbocycles. The summed E-state index contributed by atoms with van der Waals surface area (Å²) in [5.41, 5.74) is 19.1. The molecule has 0 aliphatic rings. The number of thiophene rings is 4. The third kappa shape index (κ3) is 10.8. The fourth-order valence-electron chi connectivity index (χ4n) is 6.41. The summed E-state index contributed by atoms with van der Waals surface area (Å²) in [5, 5.41) is 29.1. The highest BCUT2D eigenvalue weighted by atomic mass is 79.9. The fraction of sp³-hybridized carbons (Fsp3) is 0. The minimum Gasteiger partial charge on any atom is -0.423 e. The lowest BCUT2D eigenvalue weighted by Crippen LogP contribution is -2.29. The molecule has 10 rings (SSSR count). The van der Waals surface area contributed by atoms with Crippen LogP contribution in [0.3, 0.4) is 0 Å². The zero-order chi connectivity index (χ0) is 44.6. The first-order valence-electron chi connectivity index (χ1n) is 19.5. The average molecular weight is 980 g/mol. The van der Waals surface area contributed by atoms with Gasteiger partial charge in [0.15, 0.2) is 0 Å². The van der Waals surface area contributed by atoms with Gasteiger partial charge in [0, 0.05) is 59.4 Å². The van der Waals surface area contributed by atoms with E-state index in [4.69, 9.17) is 21.5 Å². The largest absolute Gasteiger partial charge is 0.490 e. The molecule has 64 heavy (non-hydrogen) atoms. The van der Waals surface area contributed by atoms with E-state index >= 15 is 0 Å². The van der Waals surface area contributed by atoms with E-state index < -0.39 is 7.12 Å². The van der Waals surface area contributed by atoms with E-state index in [1.54, 1.807) is 47.2 Å². The van der Waals surface area contributed by atoms with Crippen LogP contribution in [0.15, 0.2) is 173 Å². The van der Waals surface area contributed by atoms with E-state index in [0.717, 1.165) is 56.7 Å². The molecular weight excluding hydrogens is 944 g/mol. The van der Waals surface area contributed by atoms with E-state index in [-0.39, 0.29) is 11.8 Å². The van der Waals surface area contributed by atoms with Gasteiger partial charge < -0.3 is 32.1 Å². The molecule has 0 saturated heterocycles. The molecule has 0 aliphatic carbocycles. The molecule has 0 unspecified atom stereocenters. The van der Waals surface area contributed by atoms with Gasteiger partial charge in [0.25, 0.3) is 11.8 Å². The minimum atomic E-state index is -1.40. The van der Waals surface area contributed by atoms with Crippen LogP contribution in [0.25, 0.3) is 52.2 Å². The van der Waals surface area contributed by atoms with Crippen LogP contribution < -0.4 is 27.6 Å².